The monoisotopic (exact) mass is 340 g/mol. The van der Waals surface area contributed by atoms with Crippen LogP contribution in [0.15, 0.2) is 36.4 Å². The number of carbonyl (C=O) groups excluding carboxylic acids is 1. The Morgan fingerprint density at radius 1 is 1.04 bits per heavy atom. The second-order valence-electron chi connectivity index (χ2n) is 7.19. The van der Waals surface area contributed by atoms with E-state index in [1.54, 1.807) is 7.11 Å². The van der Waals surface area contributed by atoms with E-state index in [0.717, 1.165) is 28.1 Å². The Hall–Kier alpha value is -2.49. The summed E-state index contributed by atoms with van der Waals surface area (Å²) in [6.45, 7) is 10.8. The number of anilines is 1. The molecule has 4 heteroatoms. The molecule has 0 fully saturated rings. The number of urea groups is 1. The average molecular weight is 340 g/mol. The van der Waals surface area contributed by atoms with Gasteiger partial charge in [-0.3, -0.25) is 0 Å². The Balaban J connectivity index is 2.01. The zero-order valence-electron chi connectivity index (χ0n) is 16.0. The summed E-state index contributed by atoms with van der Waals surface area (Å²) in [5.41, 5.74) is 5.19. The first-order chi connectivity index (χ1) is 11.7. The van der Waals surface area contributed by atoms with Crippen molar-refractivity contribution in [1.29, 1.82) is 0 Å². The molecule has 0 aliphatic carbocycles. The van der Waals surface area contributed by atoms with Crippen LogP contribution in [0.3, 0.4) is 0 Å². The molecule has 25 heavy (non-hydrogen) atoms. The summed E-state index contributed by atoms with van der Waals surface area (Å²) in [5, 5.41) is 5.96. The fourth-order valence-electron chi connectivity index (χ4n) is 2.98. The maximum atomic E-state index is 12.3. The lowest BCUT2D eigenvalue weighted by Gasteiger charge is -2.26. The van der Waals surface area contributed by atoms with Crippen molar-refractivity contribution in [3.8, 4) is 5.75 Å². The molecule has 2 N–H and O–H groups in total. The molecule has 2 rings (SSSR count). The number of hydrogen-bond acceptors (Lipinski definition) is 2. The Bertz CT molecular complexity index is 726. The number of carbonyl (C=O) groups is 1. The van der Waals surface area contributed by atoms with Crippen LogP contribution in [0.4, 0.5) is 10.5 Å². The van der Waals surface area contributed by atoms with Gasteiger partial charge in [-0.25, -0.2) is 4.79 Å². The van der Waals surface area contributed by atoms with E-state index >= 15 is 0 Å². The zero-order chi connectivity index (χ0) is 18.6. The molecular formula is C21H28N2O2. The van der Waals surface area contributed by atoms with Gasteiger partial charge in [-0.05, 0) is 49.6 Å². The number of ether oxygens (including phenoxy) is 1. The lowest BCUT2D eigenvalue weighted by atomic mass is 9.84. The third-order valence-corrected chi connectivity index (χ3v) is 4.48. The molecule has 0 radical (unpaired) electrons. The number of nitrogens with one attached hydrogen (secondary N) is 2. The molecule has 0 atom stereocenters. The largest absolute Gasteiger partial charge is 0.497 e. The highest BCUT2D eigenvalue weighted by molar-refractivity contribution is 5.91. The maximum absolute atomic E-state index is 12.3. The summed E-state index contributed by atoms with van der Waals surface area (Å²) in [4.78, 5) is 12.3. The van der Waals surface area contributed by atoms with Crippen LogP contribution in [0.1, 0.15) is 36.1 Å². The summed E-state index contributed by atoms with van der Waals surface area (Å²) in [5.74, 6) is 0.829. The lowest BCUT2D eigenvalue weighted by Crippen LogP contribution is -2.39. The minimum absolute atomic E-state index is 0.180. The van der Waals surface area contributed by atoms with Crippen LogP contribution in [-0.4, -0.2) is 19.7 Å². The van der Waals surface area contributed by atoms with Crippen LogP contribution >= 0.6 is 0 Å². The van der Waals surface area contributed by atoms with Gasteiger partial charge in [-0.1, -0.05) is 43.7 Å². The molecule has 2 aromatic rings. The van der Waals surface area contributed by atoms with Crippen molar-refractivity contribution >= 4 is 11.7 Å². The molecule has 134 valence electrons. The van der Waals surface area contributed by atoms with Crippen LogP contribution in [0.2, 0.25) is 0 Å². The van der Waals surface area contributed by atoms with E-state index in [4.69, 9.17) is 4.74 Å². The van der Waals surface area contributed by atoms with Gasteiger partial charge in [-0.15, -0.1) is 0 Å². The molecule has 2 aromatic carbocycles. The van der Waals surface area contributed by atoms with E-state index in [2.05, 4.69) is 43.5 Å². The molecule has 0 aliphatic heterocycles. The van der Waals surface area contributed by atoms with E-state index in [1.165, 1.54) is 5.56 Å². The minimum Gasteiger partial charge on any atom is -0.497 e. The van der Waals surface area contributed by atoms with Crippen molar-refractivity contribution in [1.82, 2.24) is 5.32 Å². The number of aryl methyl sites for hydroxylation is 3. The predicted octanol–water partition coefficient (Wildman–Crippen LogP) is 4.72. The summed E-state index contributed by atoms with van der Waals surface area (Å²) in [6.07, 6.45) is 0. The number of hydrogen-bond donors (Lipinski definition) is 2. The minimum atomic E-state index is -0.184. The Kier molecular flexibility index (Phi) is 5.73. The predicted molar refractivity (Wildman–Crippen MR) is 104 cm³/mol. The van der Waals surface area contributed by atoms with Gasteiger partial charge in [-0.2, -0.15) is 0 Å². The smallest absolute Gasteiger partial charge is 0.319 e. The van der Waals surface area contributed by atoms with Crippen LogP contribution in [0.25, 0.3) is 0 Å². The van der Waals surface area contributed by atoms with Gasteiger partial charge in [0.25, 0.3) is 0 Å². The first kappa shape index (κ1) is 18.8. The van der Waals surface area contributed by atoms with Gasteiger partial charge in [0.05, 0.1) is 7.11 Å². The molecule has 0 spiro atoms. The van der Waals surface area contributed by atoms with E-state index < -0.39 is 0 Å². The van der Waals surface area contributed by atoms with Gasteiger partial charge < -0.3 is 15.4 Å². The zero-order valence-corrected chi connectivity index (χ0v) is 16.0. The van der Waals surface area contributed by atoms with E-state index in [9.17, 15) is 4.79 Å². The molecule has 0 heterocycles. The van der Waals surface area contributed by atoms with Crippen molar-refractivity contribution in [3.05, 3.63) is 58.7 Å². The normalized spacial score (nSPS) is 11.1. The molecule has 2 amide bonds. The van der Waals surface area contributed by atoms with E-state index in [1.807, 2.05) is 38.1 Å². The van der Waals surface area contributed by atoms with Gasteiger partial charge in [0.1, 0.15) is 5.75 Å². The number of amides is 2. The van der Waals surface area contributed by atoms with E-state index in [-0.39, 0.29) is 11.4 Å². The molecular weight excluding hydrogens is 312 g/mol. The van der Waals surface area contributed by atoms with Crippen LogP contribution in [0.5, 0.6) is 5.75 Å². The fourth-order valence-corrected chi connectivity index (χ4v) is 2.98. The standard InChI is InChI=1S/C21H28N2O2/c1-14-11-15(2)19(16(3)12-14)23-20(24)22-13-21(4,5)17-7-9-18(25-6)10-8-17/h7-12H,13H2,1-6H3,(H2,22,23,24). The number of methoxy groups -OCH3 is 1. The van der Waals surface area contributed by atoms with Crippen molar-refractivity contribution in [2.45, 2.75) is 40.0 Å². The summed E-state index contributed by atoms with van der Waals surface area (Å²) >= 11 is 0. The molecule has 0 bridgehead atoms. The molecule has 0 saturated carbocycles. The Morgan fingerprint density at radius 3 is 2.12 bits per heavy atom. The molecule has 0 saturated heterocycles. The second-order valence-corrected chi connectivity index (χ2v) is 7.19. The maximum Gasteiger partial charge on any atom is 0.319 e. The lowest BCUT2D eigenvalue weighted by molar-refractivity contribution is 0.249. The van der Waals surface area contributed by atoms with Crippen molar-refractivity contribution in [2.24, 2.45) is 0 Å². The third-order valence-electron chi connectivity index (χ3n) is 4.48. The van der Waals surface area contributed by atoms with Crippen LogP contribution in [-0.2, 0) is 5.41 Å². The highest BCUT2D eigenvalue weighted by Crippen LogP contribution is 2.25. The van der Waals surface area contributed by atoms with Crippen molar-refractivity contribution < 1.29 is 9.53 Å². The van der Waals surface area contributed by atoms with E-state index in [0.29, 0.717) is 6.54 Å². The highest BCUT2D eigenvalue weighted by Gasteiger charge is 2.21. The fraction of sp³-hybridized carbons (Fsp3) is 0.381. The molecule has 0 aliphatic rings. The molecule has 0 aromatic heterocycles. The van der Waals surface area contributed by atoms with Gasteiger partial charge >= 0.3 is 6.03 Å². The Labute approximate surface area is 150 Å². The number of rotatable bonds is 5. The van der Waals surface area contributed by atoms with Gasteiger partial charge in [0, 0.05) is 17.6 Å². The van der Waals surface area contributed by atoms with Crippen LogP contribution < -0.4 is 15.4 Å². The Morgan fingerprint density at radius 2 is 1.60 bits per heavy atom. The summed E-state index contributed by atoms with van der Waals surface area (Å²) in [7, 11) is 1.65. The van der Waals surface area contributed by atoms with Gasteiger partial charge in [0.15, 0.2) is 0 Å². The number of benzene rings is 2. The first-order valence-electron chi connectivity index (χ1n) is 8.50. The quantitative estimate of drug-likeness (QED) is 0.827. The topological polar surface area (TPSA) is 50.4 Å². The third kappa shape index (κ3) is 4.75. The summed E-state index contributed by atoms with van der Waals surface area (Å²) < 4.78 is 5.20. The van der Waals surface area contributed by atoms with Crippen molar-refractivity contribution in [3.63, 3.8) is 0 Å². The first-order valence-corrected chi connectivity index (χ1v) is 8.50. The SMILES string of the molecule is COc1ccc(C(C)(C)CNC(=O)Nc2c(C)cc(C)cc2C)cc1. The average Bonchev–Trinajstić information content (AvgIpc) is 2.56. The van der Waals surface area contributed by atoms with Crippen molar-refractivity contribution in [2.75, 3.05) is 19.0 Å². The summed E-state index contributed by atoms with van der Waals surface area (Å²) in [6, 6.07) is 11.9. The molecule has 0 unspecified atom stereocenters. The van der Waals surface area contributed by atoms with Crippen LogP contribution in [0, 0.1) is 20.8 Å². The second kappa shape index (κ2) is 7.60. The van der Waals surface area contributed by atoms with Gasteiger partial charge in [0.2, 0.25) is 0 Å². The molecule has 4 nitrogen and oxygen atoms in total. The highest BCUT2D eigenvalue weighted by atomic mass is 16.5.